The highest BCUT2D eigenvalue weighted by Crippen LogP contribution is 2.22. The van der Waals surface area contributed by atoms with Crippen molar-refractivity contribution in [3.8, 4) is 0 Å². The van der Waals surface area contributed by atoms with E-state index in [-0.39, 0.29) is 6.04 Å². The van der Waals surface area contributed by atoms with Crippen molar-refractivity contribution in [2.45, 2.75) is 31.2 Å². The highest BCUT2D eigenvalue weighted by atomic mass is 35.5. The van der Waals surface area contributed by atoms with Crippen LogP contribution in [0.1, 0.15) is 20.3 Å². The Labute approximate surface area is 101 Å². The zero-order chi connectivity index (χ0) is 11.3. The molecule has 1 rings (SSSR count). The molecule has 0 aliphatic rings. The highest BCUT2D eigenvalue weighted by Gasteiger charge is 2.10. The van der Waals surface area contributed by atoms with Crippen molar-refractivity contribution < 1.29 is 0 Å². The van der Waals surface area contributed by atoms with Gasteiger partial charge in [0.05, 0.1) is 0 Å². The Kier molecular flexibility index (Phi) is 5.51. The molecule has 0 fully saturated rings. The molecule has 1 nitrogen and oxygen atoms in total. The molecule has 0 saturated heterocycles. The number of thioether (sulfide) groups is 1. The van der Waals surface area contributed by atoms with Crippen molar-refractivity contribution in [2.24, 2.45) is 11.7 Å². The number of rotatable bonds is 5. The number of hydrogen-bond acceptors (Lipinski definition) is 2. The van der Waals surface area contributed by atoms with Crippen LogP contribution in [0, 0.1) is 5.92 Å². The van der Waals surface area contributed by atoms with Gasteiger partial charge in [0.1, 0.15) is 0 Å². The molecule has 1 aromatic rings. The molecule has 3 heteroatoms. The Balaban J connectivity index is 2.40. The maximum absolute atomic E-state index is 6.06. The van der Waals surface area contributed by atoms with E-state index in [1.165, 1.54) is 4.90 Å². The standard InChI is InChI=1S/C12H18ClNS/c1-3-9(2)12(14)8-15-11-6-4-10(13)5-7-11/h4-7,9,12H,3,8,14H2,1-2H3. The summed E-state index contributed by atoms with van der Waals surface area (Å²) in [7, 11) is 0. The minimum absolute atomic E-state index is 0.274. The Bertz CT molecular complexity index is 286. The van der Waals surface area contributed by atoms with Gasteiger partial charge in [0.2, 0.25) is 0 Å². The summed E-state index contributed by atoms with van der Waals surface area (Å²) >= 11 is 7.61. The smallest absolute Gasteiger partial charge is 0.0406 e. The van der Waals surface area contributed by atoms with Crippen LogP contribution in [0.4, 0.5) is 0 Å². The van der Waals surface area contributed by atoms with E-state index in [9.17, 15) is 0 Å². The van der Waals surface area contributed by atoms with Crippen molar-refractivity contribution >= 4 is 23.4 Å². The van der Waals surface area contributed by atoms with Gasteiger partial charge in [0.25, 0.3) is 0 Å². The summed E-state index contributed by atoms with van der Waals surface area (Å²) in [4.78, 5) is 1.23. The van der Waals surface area contributed by atoms with Crippen LogP contribution >= 0.6 is 23.4 Å². The van der Waals surface area contributed by atoms with E-state index in [0.29, 0.717) is 5.92 Å². The van der Waals surface area contributed by atoms with Crippen LogP contribution in [0.25, 0.3) is 0 Å². The fourth-order valence-corrected chi connectivity index (χ4v) is 2.36. The van der Waals surface area contributed by atoms with Crippen LogP contribution in [-0.2, 0) is 0 Å². The average molecular weight is 244 g/mol. The van der Waals surface area contributed by atoms with Gasteiger partial charge in [-0.1, -0.05) is 31.9 Å². The monoisotopic (exact) mass is 243 g/mol. The van der Waals surface area contributed by atoms with Gasteiger partial charge < -0.3 is 5.73 Å². The summed E-state index contributed by atoms with van der Waals surface area (Å²) in [5.41, 5.74) is 6.06. The number of hydrogen-bond donors (Lipinski definition) is 1. The lowest BCUT2D eigenvalue weighted by atomic mass is 10.0. The van der Waals surface area contributed by atoms with Crippen LogP contribution in [0.5, 0.6) is 0 Å². The van der Waals surface area contributed by atoms with Crippen LogP contribution < -0.4 is 5.73 Å². The first-order chi connectivity index (χ1) is 7.13. The third-order valence-corrected chi connectivity index (χ3v) is 4.04. The van der Waals surface area contributed by atoms with E-state index in [0.717, 1.165) is 17.2 Å². The molecular weight excluding hydrogens is 226 g/mol. The van der Waals surface area contributed by atoms with Crippen molar-refractivity contribution in [1.82, 2.24) is 0 Å². The first kappa shape index (κ1) is 12.9. The first-order valence-electron chi connectivity index (χ1n) is 5.27. The summed E-state index contributed by atoms with van der Waals surface area (Å²) in [5, 5.41) is 0.783. The van der Waals surface area contributed by atoms with E-state index < -0.39 is 0 Å². The molecule has 0 amide bonds. The molecule has 2 atom stereocenters. The lowest BCUT2D eigenvalue weighted by Crippen LogP contribution is -2.30. The van der Waals surface area contributed by atoms with Crippen LogP contribution in [0.2, 0.25) is 5.02 Å². The predicted octanol–water partition coefficient (Wildman–Crippen LogP) is 3.81. The number of benzene rings is 1. The fraction of sp³-hybridized carbons (Fsp3) is 0.500. The van der Waals surface area contributed by atoms with Gasteiger partial charge in [-0.25, -0.2) is 0 Å². The van der Waals surface area contributed by atoms with Crippen LogP contribution in [0.3, 0.4) is 0 Å². The summed E-state index contributed by atoms with van der Waals surface area (Å²) in [6, 6.07) is 8.18. The molecule has 0 heterocycles. The lowest BCUT2D eigenvalue weighted by molar-refractivity contribution is 0.475. The van der Waals surface area contributed by atoms with Crippen LogP contribution in [0.15, 0.2) is 29.2 Å². The Morgan fingerprint density at radius 3 is 2.47 bits per heavy atom. The van der Waals surface area contributed by atoms with Crippen molar-refractivity contribution in [1.29, 1.82) is 0 Å². The molecule has 0 aromatic heterocycles. The van der Waals surface area contributed by atoms with Crippen molar-refractivity contribution in [3.05, 3.63) is 29.3 Å². The molecule has 2 N–H and O–H groups in total. The third-order valence-electron chi connectivity index (χ3n) is 2.63. The number of halogens is 1. The van der Waals surface area contributed by atoms with E-state index >= 15 is 0 Å². The normalized spacial score (nSPS) is 14.9. The average Bonchev–Trinajstić information content (AvgIpc) is 2.26. The summed E-state index contributed by atoms with van der Waals surface area (Å²) < 4.78 is 0. The van der Waals surface area contributed by atoms with Gasteiger partial charge in [-0.3, -0.25) is 0 Å². The summed E-state index contributed by atoms with van der Waals surface area (Å²) in [6.07, 6.45) is 1.14. The zero-order valence-corrected chi connectivity index (χ0v) is 10.8. The van der Waals surface area contributed by atoms with Crippen molar-refractivity contribution in [3.63, 3.8) is 0 Å². The predicted molar refractivity (Wildman–Crippen MR) is 69.6 cm³/mol. The first-order valence-corrected chi connectivity index (χ1v) is 6.63. The van der Waals surface area contributed by atoms with Gasteiger partial charge in [0, 0.05) is 21.7 Å². The highest BCUT2D eigenvalue weighted by molar-refractivity contribution is 7.99. The van der Waals surface area contributed by atoms with E-state index in [4.69, 9.17) is 17.3 Å². The third kappa shape index (κ3) is 4.45. The topological polar surface area (TPSA) is 26.0 Å². The molecule has 0 saturated carbocycles. The molecule has 0 bridgehead atoms. The minimum Gasteiger partial charge on any atom is -0.327 e. The molecular formula is C12H18ClNS. The number of nitrogens with two attached hydrogens (primary N) is 1. The van der Waals surface area contributed by atoms with E-state index in [1.807, 2.05) is 24.3 Å². The fourth-order valence-electron chi connectivity index (χ4n) is 1.19. The minimum atomic E-state index is 0.274. The SMILES string of the molecule is CCC(C)C(N)CSc1ccc(Cl)cc1. The van der Waals surface area contributed by atoms with Crippen LogP contribution in [-0.4, -0.2) is 11.8 Å². The van der Waals surface area contributed by atoms with Gasteiger partial charge in [-0.05, 0) is 30.2 Å². The molecule has 2 unspecified atom stereocenters. The Morgan fingerprint density at radius 2 is 1.93 bits per heavy atom. The Hall–Kier alpha value is -0.180. The van der Waals surface area contributed by atoms with E-state index in [1.54, 1.807) is 11.8 Å². The van der Waals surface area contributed by atoms with Gasteiger partial charge in [-0.2, -0.15) is 0 Å². The van der Waals surface area contributed by atoms with E-state index in [2.05, 4.69) is 13.8 Å². The zero-order valence-electron chi connectivity index (χ0n) is 9.24. The molecule has 84 valence electrons. The second-order valence-corrected chi connectivity index (χ2v) is 5.34. The lowest BCUT2D eigenvalue weighted by Gasteiger charge is -2.17. The maximum Gasteiger partial charge on any atom is 0.0406 e. The molecule has 15 heavy (non-hydrogen) atoms. The quantitative estimate of drug-likeness (QED) is 0.796. The maximum atomic E-state index is 6.06. The molecule has 0 aliphatic carbocycles. The van der Waals surface area contributed by atoms with Crippen molar-refractivity contribution in [2.75, 3.05) is 5.75 Å². The van der Waals surface area contributed by atoms with Gasteiger partial charge in [-0.15, -0.1) is 11.8 Å². The molecule has 0 spiro atoms. The Morgan fingerprint density at radius 1 is 1.33 bits per heavy atom. The molecule has 0 radical (unpaired) electrons. The largest absolute Gasteiger partial charge is 0.327 e. The van der Waals surface area contributed by atoms with Gasteiger partial charge >= 0.3 is 0 Å². The molecule has 1 aromatic carbocycles. The second kappa shape index (κ2) is 6.41. The summed E-state index contributed by atoms with van der Waals surface area (Å²) in [5.74, 6) is 1.56. The van der Waals surface area contributed by atoms with Gasteiger partial charge in [0.15, 0.2) is 0 Å². The second-order valence-electron chi connectivity index (χ2n) is 3.81. The molecule has 0 aliphatic heterocycles. The summed E-state index contributed by atoms with van der Waals surface area (Å²) in [6.45, 7) is 4.38.